The zero-order valence-electron chi connectivity index (χ0n) is 14.4. The fourth-order valence-electron chi connectivity index (χ4n) is 2.73. The molecular formula is C18H24FN3O2. The van der Waals surface area contributed by atoms with Crippen molar-refractivity contribution < 1.29 is 13.9 Å². The molecule has 0 radical (unpaired) electrons. The number of rotatable bonds is 2. The monoisotopic (exact) mass is 333 g/mol. The smallest absolute Gasteiger partial charge is 0.410 e. The van der Waals surface area contributed by atoms with Gasteiger partial charge in [-0.1, -0.05) is 6.07 Å². The van der Waals surface area contributed by atoms with Gasteiger partial charge in [0.05, 0.1) is 5.69 Å². The number of carbonyl (C=O) groups excluding carboxylic acids is 1. The second-order valence-corrected chi connectivity index (χ2v) is 7.01. The fourth-order valence-corrected chi connectivity index (χ4v) is 2.73. The molecule has 130 valence electrons. The van der Waals surface area contributed by atoms with E-state index in [0.29, 0.717) is 18.8 Å². The van der Waals surface area contributed by atoms with Crippen LogP contribution >= 0.6 is 0 Å². The van der Waals surface area contributed by atoms with Crippen LogP contribution in [0.2, 0.25) is 0 Å². The molecule has 0 spiro atoms. The lowest BCUT2D eigenvalue weighted by Gasteiger charge is -2.26. The Bertz CT molecular complexity index is 634. The Hall–Kier alpha value is -2.29. The fraction of sp³-hybridized carbons (Fsp3) is 0.556. The van der Waals surface area contributed by atoms with E-state index in [0.717, 1.165) is 19.3 Å². The van der Waals surface area contributed by atoms with Crippen molar-refractivity contribution in [3.8, 4) is 6.07 Å². The summed E-state index contributed by atoms with van der Waals surface area (Å²) >= 11 is 0. The molecule has 1 amide bonds. The van der Waals surface area contributed by atoms with Crippen molar-refractivity contribution in [2.24, 2.45) is 0 Å². The van der Waals surface area contributed by atoms with Crippen LogP contribution in [0.4, 0.5) is 14.9 Å². The highest BCUT2D eigenvalue weighted by molar-refractivity contribution is 5.68. The van der Waals surface area contributed by atoms with E-state index in [4.69, 9.17) is 10.00 Å². The average Bonchev–Trinajstić information content (AvgIpc) is 2.71. The van der Waals surface area contributed by atoms with Gasteiger partial charge in [-0.05, 0) is 52.2 Å². The van der Waals surface area contributed by atoms with Gasteiger partial charge in [-0.25, -0.2) is 9.18 Å². The summed E-state index contributed by atoms with van der Waals surface area (Å²) in [5, 5.41) is 12.4. The van der Waals surface area contributed by atoms with Crippen molar-refractivity contribution in [1.29, 1.82) is 5.26 Å². The Morgan fingerprint density at radius 3 is 2.79 bits per heavy atom. The molecular weight excluding hydrogens is 309 g/mol. The maximum atomic E-state index is 13.7. The van der Waals surface area contributed by atoms with E-state index in [2.05, 4.69) is 5.32 Å². The Balaban J connectivity index is 1.98. The number of hydrogen-bond acceptors (Lipinski definition) is 4. The minimum absolute atomic E-state index is 0.0331. The van der Waals surface area contributed by atoms with E-state index in [9.17, 15) is 9.18 Å². The van der Waals surface area contributed by atoms with Gasteiger partial charge < -0.3 is 15.0 Å². The molecule has 24 heavy (non-hydrogen) atoms. The highest BCUT2D eigenvalue weighted by Crippen LogP contribution is 2.22. The van der Waals surface area contributed by atoms with Crippen LogP contribution in [0.25, 0.3) is 0 Å². The average molecular weight is 333 g/mol. The summed E-state index contributed by atoms with van der Waals surface area (Å²) in [4.78, 5) is 13.9. The number of benzene rings is 1. The Kier molecular flexibility index (Phi) is 5.66. The number of anilines is 1. The molecule has 1 fully saturated rings. The number of likely N-dealkylation sites (tertiary alicyclic amines) is 1. The van der Waals surface area contributed by atoms with E-state index >= 15 is 0 Å². The van der Waals surface area contributed by atoms with Crippen molar-refractivity contribution in [2.75, 3.05) is 18.4 Å². The molecule has 1 aromatic rings. The predicted molar refractivity (Wildman–Crippen MR) is 90.2 cm³/mol. The number of amides is 1. The van der Waals surface area contributed by atoms with Gasteiger partial charge in [0.1, 0.15) is 23.1 Å². The molecule has 1 heterocycles. The second kappa shape index (κ2) is 7.52. The van der Waals surface area contributed by atoms with Gasteiger partial charge in [0.15, 0.2) is 0 Å². The summed E-state index contributed by atoms with van der Waals surface area (Å²) in [5.74, 6) is -0.522. The third-order valence-electron chi connectivity index (χ3n) is 3.86. The van der Waals surface area contributed by atoms with Gasteiger partial charge in [0, 0.05) is 19.1 Å². The van der Waals surface area contributed by atoms with Gasteiger partial charge >= 0.3 is 6.09 Å². The Morgan fingerprint density at radius 2 is 2.12 bits per heavy atom. The summed E-state index contributed by atoms with van der Waals surface area (Å²) in [6.07, 6.45) is 2.10. The minimum atomic E-state index is -0.522. The summed E-state index contributed by atoms with van der Waals surface area (Å²) in [5.41, 5.74) is 0.0311. The normalized spacial score (nSPS) is 18.5. The van der Waals surface area contributed by atoms with Crippen molar-refractivity contribution in [1.82, 2.24) is 4.90 Å². The van der Waals surface area contributed by atoms with Crippen LogP contribution in [0.15, 0.2) is 18.2 Å². The van der Waals surface area contributed by atoms with Crippen LogP contribution in [0.5, 0.6) is 0 Å². The number of carbonyl (C=O) groups is 1. The van der Waals surface area contributed by atoms with Gasteiger partial charge in [-0.15, -0.1) is 0 Å². The van der Waals surface area contributed by atoms with Crippen LogP contribution in [0.3, 0.4) is 0 Å². The summed E-state index contributed by atoms with van der Waals surface area (Å²) in [7, 11) is 0. The van der Waals surface area contributed by atoms with Crippen molar-refractivity contribution in [3.63, 3.8) is 0 Å². The minimum Gasteiger partial charge on any atom is -0.444 e. The third kappa shape index (κ3) is 4.85. The first-order valence-electron chi connectivity index (χ1n) is 8.23. The zero-order valence-corrected chi connectivity index (χ0v) is 14.4. The number of nitrogens with one attached hydrogen (secondary N) is 1. The van der Waals surface area contributed by atoms with E-state index < -0.39 is 11.4 Å². The van der Waals surface area contributed by atoms with E-state index in [1.54, 1.807) is 17.0 Å². The van der Waals surface area contributed by atoms with E-state index in [1.807, 2.05) is 26.8 Å². The molecule has 1 unspecified atom stereocenters. The SMILES string of the molecule is CC(C)(C)OC(=O)N1CCCC(Nc2cccc(F)c2C#N)CC1. The number of nitriles is 1. The third-order valence-corrected chi connectivity index (χ3v) is 3.86. The molecule has 0 saturated carbocycles. The number of nitrogens with zero attached hydrogens (tertiary/aromatic N) is 2. The topological polar surface area (TPSA) is 65.4 Å². The molecule has 1 aliphatic rings. The maximum Gasteiger partial charge on any atom is 0.410 e. The largest absolute Gasteiger partial charge is 0.444 e. The lowest BCUT2D eigenvalue weighted by molar-refractivity contribution is 0.0256. The molecule has 1 aromatic carbocycles. The second-order valence-electron chi connectivity index (χ2n) is 7.01. The standard InChI is InChI=1S/C18H24FN3O2/c1-18(2,3)24-17(23)22-10-5-6-13(9-11-22)21-16-8-4-7-15(19)14(16)12-20/h4,7-8,13,21H,5-6,9-11H2,1-3H3. The number of hydrogen-bond donors (Lipinski definition) is 1. The molecule has 2 rings (SSSR count). The summed E-state index contributed by atoms with van der Waals surface area (Å²) in [6.45, 7) is 6.76. The molecule has 5 nitrogen and oxygen atoms in total. The predicted octanol–water partition coefficient (Wildman–Crippen LogP) is 3.90. The number of halogens is 1. The lowest BCUT2D eigenvalue weighted by Crippen LogP contribution is -2.37. The van der Waals surface area contributed by atoms with Gasteiger partial charge in [-0.2, -0.15) is 5.26 Å². The van der Waals surface area contributed by atoms with E-state index in [1.165, 1.54) is 6.07 Å². The summed E-state index contributed by atoms with van der Waals surface area (Å²) < 4.78 is 19.1. The lowest BCUT2D eigenvalue weighted by atomic mass is 10.1. The van der Waals surface area contributed by atoms with Crippen LogP contribution in [-0.2, 0) is 4.74 Å². The molecule has 1 saturated heterocycles. The molecule has 0 aromatic heterocycles. The highest BCUT2D eigenvalue weighted by Gasteiger charge is 2.25. The molecule has 1 N–H and O–H groups in total. The van der Waals surface area contributed by atoms with Crippen LogP contribution in [-0.4, -0.2) is 35.7 Å². The van der Waals surface area contributed by atoms with Gasteiger partial charge in [0.25, 0.3) is 0 Å². The molecule has 0 aliphatic carbocycles. The highest BCUT2D eigenvalue weighted by atomic mass is 19.1. The van der Waals surface area contributed by atoms with Gasteiger partial charge in [0.2, 0.25) is 0 Å². The van der Waals surface area contributed by atoms with Gasteiger partial charge in [-0.3, -0.25) is 0 Å². The van der Waals surface area contributed by atoms with Crippen molar-refractivity contribution in [2.45, 2.75) is 51.7 Å². The quantitative estimate of drug-likeness (QED) is 0.891. The van der Waals surface area contributed by atoms with Crippen LogP contribution < -0.4 is 5.32 Å². The molecule has 6 heteroatoms. The summed E-state index contributed by atoms with van der Waals surface area (Å²) in [6, 6.07) is 6.56. The number of ether oxygens (including phenoxy) is 1. The van der Waals surface area contributed by atoms with Crippen molar-refractivity contribution >= 4 is 11.8 Å². The Labute approximate surface area is 142 Å². The molecule has 1 aliphatic heterocycles. The first-order chi connectivity index (χ1) is 11.3. The maximum absolute atomic E-state index is 13.7. The van der Waals surface area contributed by atoms with E-state index in [-0.39, 0.29) is 17.7 Å². The Morgan fingerprint density at radius 1 is 1.38 bits per heavy atom. The van der Waals surface area contributed by atoms with Crippen molar-refractivity contribution in [3.05, 3.63) is 29.6 Å². The van der Waals surface area contributed by atoms with Crippen LogP contribution in [0.1, 0.15) is 45.6 Å². The zero-order chi connectivity index (χ0) is 17.7. The first-order valence-corrected chi connectivity index (χ1v) is 8.23. The molecule has 0 bridgehead atoms. The van der Waals surface area contributed by atoms with Crippen LogP contribution in [0, 0.1) is 17.1 Å². The first kappa shape index (κ1) is 18.1. The molecule has 1 atom stereocenters.